The fraction of sp³-hybridized carbons (Fsp3) is 0.217. The third kappa shape index (κ3) is 6.35. The number of methoxy groups -OCH3 is 1. The molecule has 2 aromatic rings. The van der Waals surface area contributed by atoms with Crippen LogP contribution in [0.5, 0.6) is 0 Å². The summed E-state index contributed by atoms with van der Waals surface area (Å²) >= 11 is 6.76. The molecule has 7 nitrogen and oxygen atoms in total. The van der Waals surface area contributed by atoms with E-state index in [9.17, 15) is 32.8 Å². The maximum atomic E-state index is 12.9. The Morgan fingerprint density at radius 2 is 1.94 bits per heavy atom. The van der Waals surface area contributed by atoms with Crippen LogP contribution >= 0.6 is 23.4 Å². The number of esters is 1. The first-order valence-corrected chi connectivity index (χ1v) is 11.3. The van der Waals surface area contributed by atoms with Gasteiger partial charge in [0.2, 0.25) is 11.8 Å². The Morgan fingerprint density at radius 3 is 2.54 bits per heavy atom. The second-order valence-electron chi connectivity index (χ2n) is 7.30. The molecule has 0 aliphatic carbocycles. The third-order valence-corrected chi connectivity index (χ3v) is 6.35. The Balaban J connectivity index is 1.77. The topological polar surface area (TPSA) is 108 Å². The maximum Gasteiger partial charge on any atom is 0.416 e. The fourth-order valence-electron chi connectivity index (χ4n) is 3.31. The molecular formula is C23H17ClF3N3O4S. The number of hydrogen-bond donors (Lipinski definition) is 2. The van der Waals surface area contributed by atoms with Crippen LogP contribution in [0.1, 0.15) is 33.8 Å². The summed E-state index contributed by atoms with van der Waals surface area (Å²) in [5.41, 5.74) is -0.0519. The zero-order valence-corrected chi connectivity index (χ0v) is 19.6. The Kier molecular flexibility index (Phi) is 8.09. The van der Waals surface area contributed by atoms with E-state index in [4.69, 9.17) is 11.6 Å². The summed E-state index contributed by atoms with van der Waals surface area (Å²) in [6, 6.07) is 10.9. The number of ether oxygens (including phenoxy) is 1. The number of anilines is 1. The van der Waals surface area contributed by atoms with Crippen LogP contribution in [0.15, 0.2) is 53.1 Å². The average molecular weight is 524 g/mol. The van der Waals surface area contributed by atoms with Gasteiger partial charge in [0.1, 0.15) is 0 Å². The second-order valence-corrected chi connectivity index (χ2v) is 8.70. The van der Waals surface area contributed by atoms with E-state index in [0.717, 1.165) is 30.0 Å². The van der Waals surface area contributed by atoms with Crippen molar-refractivity contribution in [3.05, 3.63) is 74.8 Å². The summed E-state index contributed by atoms with van der Waals surface area (Å²) in [5.74, 6) is -2.50. The van der Waals surface area contributed by atoms with E-state index in [0.29, 0.717) is 11.1 Å². The molecule has 1 atom stereocenters. The molecule has 182 valence electrons. The maximum absolute atomic E-state index is 12.9. The SMILES string of the molecule is COC(=O)c1ccc([C@H]2CC(=O)NC(SCC(=O)Nc3cc(C(F)(F)F)ccc3Cl)=C2C#N)cc1. The van der Waals surface area contributed by atoms with Gasteiger partial charge in [0.05, 0.1) is 51.4 Å². The summed E-state index contributed by atoms with van der Waals surface area (Å²) < 4.78 is 43.5. The van der Waals surface area contributed by atoms with Gasteiger partial charge in [0.25, 0.3) is 0 Å². The van der Waals surface area contributed by atoms with Crippen molar-refractivity contribution in [2.45, 2.75) is 18.5 Å². The van der Waals surface area contributed by atoms with Crippen molar-refractivity contribution < 1.29 is 32.3 Å². The van der Waals surface area contributed by atoms with Gasteiger partial charge in [-0.1, -0.05) is 35.5 Å². The molecule has 2 N–H and O–H groups in total. The van der Waals surface area contributed by atoms with Gasteiger partial charge >= 0.3 is 12.1 Å². The van der Waals surface area contributed by atoms with Gasteiger partial charge < -0.3 is 15.4 Å². The van der Waals surface area contributed by atoms with Crippen LogP contribution in [-0.4, -0.2) is 30.6 Å². The van der Waals surface area contributed by atoms with Crippen LogP contribution in [0, 0.1) is 11.3 Å². The number of halogens is 4. The van der Waals surface area contributed by atoms with Gasteiger partial charge in [-0.25, -0.2) is 4.79 Å². The first kappa shape index (κ1) is 26.1. The number of rotatable bonds is 6. The molecule has 0 aromatic heterocycles. The minimum absolute atomic E-state index is 0.0173. The van der Waals surface area contributed by atoms with E-state index in [2.05, 4.69) is 21.4 Å². The molecule has 3 rings (SSSR count). The molecular weight excluding hydrogens is 507 g/mol. The monoisotopic (exact) mass is 523 g/mol. The van der Waals surface area contributed by atoms with Crippen LogP contribution in [0.4, 0.5) is 18.9 Å². The Labute approximate surface area is 207 Å². The number of nitrogens with zero attached hydrogens (tertiary/aromatic N) is 1. The van der Waals surface area contributed by atoms with Crippen LogP contribution in [0.2, 0.25) is 5.02 Å². The number of carbonyl (C=O) groups excluding carboxylic acids is 3. The molecule has 12 heteroatoms. The number of alkyl halides is 3. The zero-order chi connectivity index (χ0) is 25.8. The number of nitriles is 1. The number of allylic oxidation sites excluding steroid dienone is 1. The highest BCUT2D eigenvalue weighted by Gasteiger charge is 2.32. The number of hydrogen-bond acceptors (Lipinski definition) is 6. The van der Waals surface area contributed by atoms with Crippen molar-refractivity contribution in [1.29, 1.82) is 5.26 Å². The summed E-state index contributed by atoms with van der Waals surface area (Å²) in [6.45, 7) is 0. The number of amides is 2. The smallest absolute Gasteiger partial charge is 0.416 e. The number of benzene rings is 2. The number of thioether (sulfide) groups is 1. The molecule has 0 spiro atoms. The average Bonchev–Trinajstić information content (AvgIpc) is 2.82. The highest BCUT2D eigenvalue weighted by Crippen LogP contribution is 2.37. The van der Waals surface area contributed by atoms with Crippen LogP contribution < -0.4 is 10.6 Å². The Hall–Kier alpha value is -3.49. The largest absolute Gasteiger partial charge is 0.465 e. The van der Waals surface area contributed by atoms with E-state index < -0.39 is 29.5 Å². The molecule has 0 fully saturated rings. The van der Waals surface area contributed by atoms with Crippen molar-refractivity contribution in [3.63, 3.8) is 0 Å². The second kappa shape index (κ2) is 10.8. The van der Waals surface area contributed by atoms with E-state index in [-0.39, 0.29) is 39.4 Å². The fourth-order valence-corrected chi connectivity index (χ4v) is 4.35. The van der Waals surface area contributed by atoms with Gasteiger partial charge in [0.15, 0.2) is 0 Å². The Bertz CT molecular complexity index is 1240. The lowest BCUT2D eigenvalue weighted by molar-refractivity contribution is -0.137. The standard InChI is InChI=1S/C23H17ClF3N3O4S/c1-34-22(33)13-4-2-12(3-5-13)15-9-19(31)30-21(16(15)10-28)35-11-20(32)29-18-8-14(23(25,26)27)6-7-17(18)24/h2-8,15H,9,11H2,1H3,(H,29,32)(H,30,31)/t15-/m1/s1. The van der Waals surface area contributed by atoms with Crippen molar-refractivity contribution in [2.75, 3.05) is 18.2 Å². The summed E-state index contributed by atoms with van der Waals surface area (Å²) in [7, 11) is 1.25. The lowest BCUT2D eigenvalue weighted by Crippen LogP contribution is -2.31. The van der Waals surface area contributed by atoms with E-state index in [1.165, 1.54) is 19.2 Å². The predicted molar refractivity (Wildman–Crippen MR) is 123 cm³/mol. The molecule has 0 bridgehead atoms. The summed E-state index contributed by atoms with van der Waals surface area (Å²) in [6.07, 6.45) is -4.63. The highest BCUT2D eigenvalue weighted by molar-refractivity contribution is 8.03. The molecule has 1 aliphatic rings. The Morgan fingerprint density at radius 1 is 1.26 bits per heavy atom. The van der Waals surface area contributed by atoms with Crippen LogP contribution in [0.3, 0.4) is 0 Å². The van der Waals surface area contributed by atoms with Crippen molar-refractivity contribution in [2.24, 2.45) is 0 Å². The number of carbonyl (C=O) groups is 3. The lowest BCUT2D eigenvalue weighted by atomic mass is 9.87. The van der Waals surface area contributed by atoms with Gasteiger partial charge in [-0.05, 0) is 35.9 Å². The molecule has 0 saturated heterocycles. The van der Waals surface area contributed by atoms with E-state index in [1.54, 1.807) is 12.1 Å². The van der Waals surface area contributed by atoms with Crippen molar-refractivity contribution in [1.82, 2.24) is 5.32 Å². The van der Waals surface area contributed by atoms with Gasteiger partial charge in [0, 0.05) is 12.3 Å². The molecule has 0 saturated carbocycles. The molecule has 0 radical (unpaired) electrons. The van der Waals surface area contributed by atoms with E-state index >= 15 is 0 Å². The molecule has 2 aromatic carbocycles. The highest BCUT2D eigenvalue weighted by atomic mass is 35.5. The predicted octanol–water partition coefficient (Wildman–Crippen LogP) is 4.86. The molecule has 1 aliphatic heterocycles. The normalized spacial score (nSPS) is 15.8. The quantitative estimate of drug-likeness (QED) is 0.524. The third-order valence-electron chi connectivity index (χ3n) is 5.01. The first-order chi connectivity index (χ1) is 16.5. The molecule has 0 unspecified atom stereocenters. The summed E-state index contributed by atoms with van der Waals surface area (Å²) in [5, 5.41) is 14.7. The molecule has 35 heavy (non-hydrogen) atoms. The first-order valence-electron chi connectivity index (χ1n) is 9.95. The minimum Gasteiger partial charge on any atom is -0.465 e. The summed E-state index contributed by atoms with van der Waals surface area (Å²) in [4.78, 5) is 36.3. The van der Waals surface area contributed by atoms with Crippen LogP contribution in [-0.2, 0) is 20.5 Å². The van der Waals surface area contributed by atoms with Gasteiger partial charge in [-0.15, -0.1) is 0 Å². The van der Waals surface area contributed by atoms with Gasteiger partial charge in [-0.3, -0.25) is 9.59 Å². The van der Waals surface area contributed by atoms with E-state index in [1.807, 2.05) is 0 Å². The molecule has 2 amide bonds. The van der Waals surface area contributed by atoms with Crippen molar-refractivity contribution >= 4 is 46.8 Å². The zero-order valence-electron chi connectivity index (χ0n) is 18.0. The number of nitrogens with one attached hydrogen (secondary N) is 2. The molecule has 1 heterocycles. The van der Waals surface area contributed by atoms with Gasteiger partial charge in [-0.2, -0.15) is 18.4 Å². The van der Waals surface area contributed by atoms with Crippen LogP contribution in [0.25, 0.3) is 0 Å². The lowest BCUT2D eigenvalue weighted by Gasteiger charge is -2.25. The van der Waals surface area contributed by atoms with Crippen molar-refractivity contribution in [3.8, 4) is 6.07 Å². The minimum atomic E-state index is -4.61.